The Kier molecular flexibility index (Phi) is 2.70. The highest BCUT2D eigenvalue weighted by Gasteiger charge is 2.05. The van der Waals surface area contributed by atoms with E-state index in [9.17, 15) is 4.79 Å². The topological polar surface area (TPSA) is 17.1 Å². The number of carbonyl (C=O) groups excluding carboxylic acids is 1. The van der Waals surface area contributed by atoms with E-state index in [1.165, 1.54) is 0 Å². The molecule has 0 aliphatic rings. The van der Waals surface area contributed by atoms with Crippen LogP contribution in [0.4, 0.5) is 0 Å². The van der Waals surface area contributed by atoms with E-state index in [1.54, 1.807) is 17.4 Å². The third kappa shape index (κ3) is 1.74. The zero-order valence-corrected chi connectivity index (χ0v) is 9.02. The molecule has 0 atom stereocenters. The minimum Gasteiger partial charge on any atom is -0.298 e. The molecule has 0 spiro atoms. The Morgan fingerprint density at radius 1 is 1.29 bits per heavy atom. The van der Waals surface area contributed by atoms with Crippen LogP contribution in [0.25, 0.3) is 10.4 Å². The number of hydrogen-bond donors (Lipinski definition) is 1. The molecule has 2 rings (SSSR count). The summed E-state index contributed by atoms with van der Waals surface area (Å²) in [5.74, 6) is 0. The molecule has 0 saturated heterocycles. The van der Waals surface area contributed by atoms with Gasteiger partial charge < -0.3 is 0 Å². The minimum absolute atomic E-state index is 0.713. The van der Waals surface area contributed by atoms with Gasteiger partial charge in [0.05, 0.1) is 0 Å². The number of thiophene rings is 1. The third-order valence-electron chi connectivity index (χ3n) is 1.95. The lowest BCUT2D eigenvalue weighted by Crippen LogP contribution is -1.85. The van der Waals surface area contributed by atoms with Gasteiger partial charge in [0.1, 0.15) is 0 Å². The number of carbonyl (C=O) groups is 1. The molecule has 0 aliphatic heterocycles. The van der Waals surface area contributed by atoms with E-state index in [0.717, 1.165) is 21.6 Å². The van der Waals surface area contributed by atoms with Crippen LogP contribution in [0.5, 0.6) is 0 Å². The second kappa shape index (κ2) is 3.98. The van der Waals surface area contributed by atoms with Crippen molar-refractivity contribution in [1.29, 1.82) is 0 Å². The number of aldehydes is 1. The van der Waals surface area contributed by atoms with Gasteiger partial charge in [0, 0.05) is 20.9 Å². The molecule has 3 heteroatoms. The first-order chi connectivity index (χ1) is 6.81. The fraction of sp³-hybridized carbons (Fsp3) is 0. The fourth-order valence-corrected chi connectivity index (χ4v) is 2.26. The summed E-state index contributed by atoms with van der Waals surface area (Å²) in [7, 11) is 0. The molecular formula is C11H8OS2. The summed E-state index contributed by atoms with van der Waals surface area (Å²) in [6.07, 6.45) is 0.877. The zero-order valence-electron chi connectivity index (χ0n) is 7.31. The van der Waals surface area contributed by atoms with Gasteiger partial charge in [-0.25, -0.2) is 0 Å². The SMILES string of the molecule is O=Cc1ccc(S)cc1-c1cccs1. The Morgan fingerprint density at radius 3 is 2.79 bits per heavy atom. The average molecular weight is 220 g/mol. The monoisotopic (exact) mass is 220 g/mol. The third-order valence-corrected chi connectivity index (χ3v) is 3.13. The summed E-state index contributed by atoms with van der Waals surface area (Å²) < 4.78 is 0. The second-order valence-corrected chi connectivity index (χ2v) is 4.33. The summed E-state index contributed by atoms with van der Waals surface area (Å²) in [4.78, 5) is 12.8. The van der Waals surface area contributed by atoms with Gasteiger partial charge in [-0.2, -0.15) is 0 Å². The van der Waals surface area contributed by atoms with Crippen LogP contribution in [0.3, 0.4) is 0 Å². The van der Waals surface area contributed by atoms with Gasteiger partial charge in [-0.15, -0.1) is 24.0 Å². The molecule has 2 aromatic rings. The van der Waals surface area contributed by atoms with Gasteiger partial charge in [0.25, 0.3) is 0 Å². The van der Waals surface area contributed by atoms with E-state index in [2.05, 4.69) is 12.6 Å². The van der Waals surface area contributed by atoms with Crippen molar-refractivity contribution in [3.63, 3.8) is 0 Å². The van der Waals surface area contributed by atoms with Crippen molar-refractivity contribution < 1.29 is 4.79 Å². The standard InChI is InChI=1S/C11H8OS2/c12-7-8-3-4-9(13)6-10(8)11-2-1-5-14-11/h1-7,13H. The Labute approximate surface area is 91.8 Å². The van der Waals surface area contributed by atoms with E-state index in [1.807, 2.05) is 29.6 Å². The lowest BCUT2D eigenvalue weighted by atomic mass is 10.1. The van der Waals surface area contributed by atoms with Crippen molar-refractivity contribution in [2.45, 2.75) is 4.90 Å². The molecule has 0 bridgehead atoms. The summed E-state index contributed by atoms with van der Waals surface area (Å²) in [6, 6.07) is 9.51. The largest absolute Gasteiger partial charge is 0.298 e. The van der Waals surface area contributed by atoms with Crippen molar-refractivity contribution >= 4 is 30.3 Å². The van der Waals surface area contributed by atoms with E-state index >= 15 is 0 Å². The maximum Gasteiger partial charge on any atom is 0.150 e. The molecule has 0 fully saturated rings. The first-order valence-electron chi connectivity index (χ1n) is 4.13. The van der Waals surface area contributed by atoms with Crippen LogP contribution in [0.2, 0.25) is 0 Å². The molecule has 0 amide bonds. The normalized spacial score (nSPS) is 10.1. The van der Waals surface area contributed by atoms with Crippen LogP contribution in [0, 0.1) is 0 Å². The molecule has 0 N–H and O–H groups in total. The molecule has 14 heavy (non-hydrogen) atoms. The number of benzene rings is 1. The Morgan fingerprint density at radius 2 is 2.14 bits per heavy atom. The summed E-state index contributed by atoms with van der Waals surface area (Å²) in [5.41, 5.74) is 1.67. The first-order valence-corrected chi connectivity index (χ1v) is 5.46. The lowest BCUT2D eigenvalue weighted by molar-refractivity contribution is 0.112. The maximum atomic E-state index is 10.8. The first kappa shape index (κ1) is 9.49. The summed E-state index contributed by atoms with van der Waals surface area (Å²) >= 11 is 5.88. The molecule has 0 radical (unpaired) electrons. The van der Waals surface area contributed by atoms with Gasteiger partial charge in [-0.05, 0) is 29.6 Å². The number of rotatable bonds is 2. The van der Waals surface area contributed by atoms with E-state index < -0.39 is 0 Å². The number of thiol groups is 1. The van der Waals surface area contributed by atoms with Gasteiger partial charge in [0.2, 0.25) is 0 Å². The van der Waals surface area contributed by atoms with Crippen molar-refractivity contribution in [2.75, 3.05) is 0 Å². The molecule has 0 unspecified atom stereocenters. The molecule has 1 aromatic heterocycles. The predicted octanol–water partition coefficient (Wildman–Crippen LogP) is 3.52. The van der Waals surface area contributed by atoms with Crippen LogP contribution in [-0.4, -0.2) is 6.29 Å². The van der Waals surface area contributed by atoms with Gasteiger partial charge >= 0.3 is 0 Å². The Hall–Kier alpha value is -1.06. The van der Waals surface area contributed by atoms with Gasteiger partial charge in [-0.3, -0.25) is 4.79 Å². The molecule has 1 aromatic carbocycles. The highest BCUT2D eigenvalue weighted by atomic mass is 32.1. The van der Waals surface area contributed by atoms with Crippen LogP contribution >= 0.6 is 24.0 Å². The van der Waals surface area contributed by atoms with E-state index in [-0.39, 0.29) is 0 Å². The summed E-state index contributed by atoms with van der Waals surface area (Å²) in [5, 5.41) is 2.00. The van der Waals surface area contributed by atoms with Gasteiger partial charge in [0.15, 0.2) is 6.29 Å². The highest BCUT2D eigenvalue weighted by Crippen LogP contribution is 2.29. The molecule has 1 heterocycles. The number of hydrogen-bond acceptors (Lipinski definition) is 3. The zero-order chi connectivity index (χ0) is 9.97. The Bertz CT molecular complexity index is 446. The van der Waals surface area contributed by atoms with Crippen molar-refractivity contribution in [3.8, 4) is 10.4 Å². The van der Waals surface area contributed by atoms with Crippen molar-refractivity contribution in [1.82, 2.24) is 0 Å². The average Bonchev–Trinajstić information content (AvgIpc) is 2.70. The van der Waals surface area contributed by atoms with Crippen molar-refractivity contribution in [3.05, 3.63) is 41.3 Å². The smallest absolute Gasteiger partial charge is 0.150 e. The summed E-state index contributed by atoms with van der Waals surface area (Å²) in [6.45, 7) is 0. The van der Waals surface area contributed by atoms with Crippen LogP contribution in [-0.2, 0) is 0 Å². The van der Waals surface area contributed by atoms with Crippen LogP contribution in [0.1, 0.15) is 10.4 Å². The highest BCUT2D eigenvalue weighted by molar-refractivity contribution is 7.80. The molecular weight excluding hydrogens is 212 g/mol. The van der Waals surface area contributed by atoms with Crippen molar-refractivity contribution in [2.24, 2.45) is 0 Å². The molecule has 1 nitrogen and oxygen atoms in total. The maximum absolute atomic E-state index is 10.8. The van der Waals surface area contributed by atoms with E-state index in [0.29, 0.717) is 5.56 Å². The predicted molar refractivity (Wildman–Crippen MR) is 62.4 cm³/mol. The molecule has 70 valence electrons. The molecule has 0 saturated carbocycles. The second-order valence-electron chi connectivity index (χ2n) is 2.87. The Balaban J connectivity index is 2.61. The van der Waals surface area contributed by atoms with Crippen LogP contribution in [0.15, 0.2) is 40.6 Å². The molecule has 0 aliphatic carbocycles. The van der Waals surface area contributed by atoms with E-state index in [4.69, 9.17) is 0 Å². The van der Waals surface area contributed by atoms with Crippen LogP contribution < -0.4 is 0 Å². The lowest BCUT2D eigenvalue weighted by Gasteiger charge is -2.02. The van der Waals surface area contributed by atoms with Gasteiger partial charge in [-0.1, -0.05) is 6.07 Å². The minimum atomic E-state index is 0.713. The fourth-order valence-electron chi connectivity index (χ4n) is 1.29. The quantitative estimate of drug-likeness (QED) is 0.605.